The van der Waals surface area contributed by atoms with E-state index in [9.17, 15) is 0 Å². The average molecular weight is 660 g/mol. The van der Waals surface area contributed by atoms with Gasteiger partial charge in [0.15, 0.2) is 7.14 Å². The van der Waals surface area contributed by atoms with Gasteiger partial charge < -0.3 is 9.13 Å². The van der Waals surface area contributed by atoms with E-state index in [1.165, 1.54) is 65.6 Å². The lowest BCUT2D eigenvalue weighted by Gasteiger charge is -2.23. The predicted molar refractivity (Wildman–Crippen MR) is 213 cm³/mol. The van der Waals surface area contributed by atoms with Crippen molar-refractivity contribution in [3.05, 3.63) is 181 Å². The summed E-state index contributed by atoms with van der Waals surface area (Å²) in [7, 11) is -3.11. The molecule has 0 N–H and O–H groups in total. The normalized spacial score (nSPS) is 13.6. The highest BCUT2D eigenvalue weighted by Crippen LogP contribution is 2.55. The van der Waals surface area contributed by atoms with Crippen LogP contribution in [-0.2, 0) is 9.98 Å². The summed E-state index contributed by atoms with van der Waals surface area (Å²) in [6.45, 7) is 4.76. The summed E-state index contributed by atoms with van der Waals surface area (Å²) >= 11 is 0. The summed E-state index contributed by atoms with van der Waals surface area (Å²) in [5.41, 5.74) is 8.65. The van der Waals surface area contributed by atoms with Crippen molar-refractivity contribution < 1.29 is 4.57 Å². The van der Waals surface area contributed by atoms with Gasteiger partial charge in [0.25, 0.3) is 0 Å². The van der Waals surface area contributed by atoms with Crippen LogP contribution in [0.25, 0.3) is 60.2 Å². The van der Waals surface area contributed by atoms with Gasteiger partial charge in [-0.05, 0) is 68.7 Å². The Morgan fingerprint density at radius 1 is 0.460 bits per heavy atom. The van der Waals surface area contributed by atoms with Gasteiger partial charge in [0.1, 0.15) is 0 Å². The Hall–Kier alpha value is -5.69. The van der Waals surface area contributed by atoms with Crippen LogP contribution in [0.4, 0.5) is 0 Å². The first-order valence-corrected chi connectivity index (χ1v) is 19.0. The first-order chi connectivity index (χ1) is 24.5. The molecule has 0 saturated carbocycles. The highest BCUT2D eigenvalue weighted by atomic mass is 31.2. The van der Waals surface area contributed by atoms with Crippen LogP contribution < -0.4 is 15.9 Å². The molecular formula is C47H34NOP. The third-order valence-electron chi connectivity index (χ3n) is 11.0. The van der Waals surface area contributed by atoms with E-state index in [1.54, 1.807) is 0 Å². The molecule has 2 nitrogen and oxygen atoms in total. The maximum atomic E-state index is 15.3. The Kier molecular flexibility index (Phi) is 6.23. The molecule has 1 aliphatic carbocycles. The molecule has 0 spiro atoms. The summed E-state index contributed by atoms with van der Waals surface area (Å²) in [6.07, 6.45) is 0. The van der Waals surface area contributed by atoms with Crippen molar-refractivity contribution in [1.82, 2.24) is 4.57 Å². The molecule has 1 aromatic heterocycles. The molecule has 0 saturated heterocycles. The van der Waals surface area contributed by atoms with Gasteiger partial charge in [0.2, 0.25) is 0 Å². The van der Waals surface area contributed by atoms with Gasteiger partial charge in [-0.3, -0.25) is 0 Å². The van der Waals surface area contributed by atoms with E-state index in [4.69, 9.17) is 0 Å². The van der Waals surface area contributed by atoms with E-state index < -0.39 is 7.14 Å². The molecule has 0 amide bonds. The first-order valence-electron chi connectivity index (χ1n) is 17.3. The maximum Gasteiger partial charge on any atom is 0.171 e. The number of aromatic nitrogens is 1. The zero-order valence-corrected chi connectivity index (χ0v) is 28.9. The molecule has 9 aromatic rings. The average Bonchev–Trinajstić information content (AvgIpc) is 3.65. The van der Waals surface area contributed by atoms with Gasteiger partial charge in [-0.2, -0.15) is 0 Å². The van der Waals surface area contributed by atoms with Crippen LogP contribution in [0.1, 0.15) is 25.0 Å². The molecule has 3 heteroatoms. The predicted octanol–water partition coefficient (Wildman–Crippen LogP) is 11.0. The van der Waals surface area contributed by atoms with Crippen molar-refractivity contribution in [3.63, 3.8) is 0 Å². The van der Waals surface area contributed by atoms with Crippen molar-refractivity contribution >= 4 is 66.4 Å². The van der Waals surface area contributed by atoms with Crippen LogP contribution in [-0.4, -0.2) is 4.57 Å². The fourth-order valence-electron chi connectivity index (χ4n) is 8.83. The second-order valence-corrected chi connectivity index (χ2v) is 16.8. The number of rotatable bonds is 4. The molecule has 50 heavy (non-hydrogen) atoms. The van der Waals surface area contributed by atoms with Crippen molar-refractivity contribution in [2.75, 3.05) is 0 Å². The standard InChI is InChI=1S/C47H34NOP/c1-47(2)41-24-14-13-21-37(41)39-29-30-42-44(45(39)47)43-38-22-11-9-19-35(38)36-20-10-12-23-40(36)46(43)48(42)31-25-27-34(28-26-31)50(49,32-15-5-3-6-16-32)33-17-7-4-8-18-33/h3-30H,1-2H3. The molecule has 0 unspecified atom stereocenters. The minimum Gasteiger partial charge on any atom is -0.309 e. The lowest BCUT2D eigenvalue weighted by Crippen LogP contribution is -2.24. The molecule has 0 atom stereocenters. The van der Waals surface area contributed by atoms with Gasteiger partial charge >= 0.3 is 0 Å². The SMILES string of the molecule is CC1(C)c2ccccc2-c2ccc3c(c21)c1c2ccccc2c2ccccc2c1n3-c1ccc(P(=O)(c2ccccc2)c2ccccc2)cc1. The van der Waals surface area contributed by atoms with E-state index >= 15 is 4.57 Å². The molecule has 0 aliphatic heterocycles. The zero-order chi connectivity index (χ0) is 33.6. The van der Waals surface area contributed by atoms with Crippen molar-refractivity contribution in [3.8, 4) is 16.8 Å². The van der Waals surface area contributed by atoms with E-state index in [-0.39, 0.29) is 5.41 Å². The number of fused-ring (bicyclic) bond motifs is 12. The molecule has 10 rings (SSSR count). The lowest BCUT2D eigenvalue weighted by atomic mass is 9.80. The summed E-state index contributed by atoms with van der Waals surface area (Å²) in [5.74, 6) is 0. The Labute approximate surface area is 291 Å². The number of benzene rings is 8. The van der Waals surface area contributed by atoms with E-state index in [0.29, 0.717) is 0 Å². The van der Waals surface area contributed by atoms with Gasteiger partial charge in [-0.25, -0.2) is 0 Å². The van der Waals surface area contributed by atoms with Crippen LogP contribution >= 0.6 is 7.14 Å². The van der Waals surface area contributed by atoms with Gasteiger partial charge in [-0.15, -0.1) is 0 Å². The van der Waals surface area contributed by atoms with Crippen molar-refractivity contribution in [2.45, 2.75) is 19.3 Å². The van der Waals surface area contributed by atoms with Gasteiger partial charge in [-0.1, -0.05) is 153 Å². The number of hydrogen-bond acceptors (Lipinski definition) is 1. The third kappa shape index (κ3) is 3.89. The van der Waals surface area contributed by atoms with E-state index in [1.807, 2.05) is 60.7 Å². The topological polar surface area (TPSA) is 22.0 Å². The molecule has 238 valence electrons. The number of hydrogen-bond donors (Lipinski definition) is 0. The largest absolute Gasteiger partial charge is 0.309 e. The van der Waals surface area contributed by atoms with Crippen molar-refractivity contribution in [1.29, 1.82) is 0 Å². The minimum absolute atomic E-state index is 0.181. The van der Waals surface area contributed by atoms with Crippen LogP contribution in [0, 0.1) is 0 Å². The molecule has 1 aliphatic rings. The lowest BCUT2D eigenvalue weighted by molar-refractivity contribution is 0.592. The van der Waals surface area contributed by atoms with Crippen LogP contribution in [0.2, 0.25) is 0 Å². The molecule has 8 aromatic carbocycles. The van der Waals surface area contributed by atoms with E-state index in [0.717, 1.165) is 21.6 Å². The molecule has 1 heterocycles. The van der Waals surface area contributed by atoms with E-state index in [2.05, 4.69) is 128 Å². The third-order valence-corrected chi connectivity index (χ3v) is 14.1. The molecule has 0 fully saturated rings. The minimum atomic E-state index is -3.11. The summed E-state index contributed by atoms with van der Waals surface area (Å²) in [6, 6.07) is 59.6. The van der Waals surface area contributed by atoms with Crippen LogP contribution in [0.15, 0.2) is 170 Å². The Balaban J connectivity index is 1.32. The van der Waals surface area contributed by atoms with Crippen LogP contribution in [0.3, 0.4) is 0 Å². The summed E-state index contributed by atoms with van der Waals surface area (Å²) < 4.78 is 17.7. The molecule has 0 bridgehead atoms. The van der Waals surface area contributed by atoms with Crippen molar-refractivity contribution in [2.24, 2.45) is 0 Å². The Morgan fingerprint density at radius 3 is 1.64 bits per heavy atom. The zero-order valence-electron chi connectivity index (χ0n) is 28.0. The summed E-state index contributed by atoms with van der Waals surface area (Å²) in [5, 5.41) is 10.1. The van der Waals surface area contributed by atoms with Gasteiger partial charge in [0, 0.05) is 43.2 Å². The summed E-state index contributed by atoms with van der Waals surface area (Å²) in [4.78, 5) is 0. The second-order valence-electron chi connectivity index (χ2n) is 14.0. The second kappa shape index (κ2) is 10.7. The molecular weight excluding hydrogens is 625 g/mol. The van der Waals surface area contributed by atoms with Crippen LogP contribution in [0.5, 0.6) is 0 Å². The van der Waals surface area contributed by atoms with Gasteiger partial charge in [0.05, 0.1) is 11.0 Å². The first kappa shape index (κ1) is 29.2. The maximum absolute atomic E-state index is 15.3. The fraction of sp³-hybridized carbons (Fsp3) is 0.0638. The monoisotopic (exact) mass is 659 g/mol. The quantitative estimate of drug-likeness (QED) is 0.136. The highest BCUT2D eigenvalue weighted by molar-refractivity contribution is 7.85. The smallest absolute Gasteiger partial charge is 0.171 e. The number of nitrogens with zero attached hydrogens (tertiary/aromatic N) is 1. The Bertz CT molecular complexity index is 2800. The highest BCUT2D eigenvalue weighted by Gasteiger charge is 2.38. The fourth-order valence-corrected chi connectivity index (χ4v) is 11.5. The Morgan fingerprint density at radius 2 is 0.980 bits per heavy atom. The molecule has 0 radical (unpaired) electrons.